The number of rotatable bonds is 2. The number of nitrogens with zero attached hydrogens (tertiary/aromatic N) is 2. The van der Waals surface area contributed by atoms with Gasteiger partial charge in [0.15, 0.2) is 0 Å². The Labute approximate surface area is 110 Å². The van der Waals surface area contributed by atoms with Gasteiger partial charge in [-0.15, -0.1) is 12.4 Å². The highest BCUT2D eigenvalue weighted by molar-refractivity contribution is 9.10. The first kappa shape index (κ1) is 13.5. The van der Waals surface area contributed by atoms with Gasteiger partial charge in [-0.05, 0) is 22.0 Å². The summed E-state index contributed by atoms with van der Waals surface area (Å²) in [6, 6.07) is 2.19. The topological polar surface area (TPSA) is 37.3 Å². The fourth-order valence-electron chi connectivity index (χ4n) is 1.63. The predicted molar refractivity (Wildman–Crippen MR) is 69.1 cm³/mol. The van der Waals surface area contributed by atoms with Gasteiger partial charge in [0.2, 0.25) is 0 Å². The number of likely N-dealkylation sites (N-methyl/N-ethyl adjacent to an activating group) is 1. The summed E-state index contributed by atoms with van der Waals surface area (Å²) >= 11 is 3.36. The molecule has 1 aromatic heterocycles. The molecular weight excluding hydrogens is 293 g/mol. The van der Waals surface area contributed by atoms with Crippen molar-refractivity contribution in [3.63, 3.8) is 0 Å². The lowest BCUT2D eigenvalue weighted by molar-refractivity contribution is 0.0671. The average molecular weight is 309 g/mol. The number of carbonyl (C=O) groups is 1. The lowest BCUT2D eigenvalue weighted by Crippen LogP contribution is -2.57. The van der Waals surface area contributed by atoms with Gasteiger partial charge in [-0.3, -0.25) is 4.79 Å². The highest BCUT2D eigenvalue weighted by Crippen LogP contribution is 2.16. The summed E-state index contributed by atoms with van der Waals surface area (Å²) < 4.78 is 2.78. The molecule has 90 valence electrons. The van der Waals surface area contributed by atoms with Crippen LogP contribution in [-0.2, 0) is 7.05 Å². The molecule has 2 heterocycles. The van der Waals surface area contributed by atoms with Gasteiger partial charge in [-0.1, -0.05) is 0 Å². The Morgan fingerprint density at radius 1 is 1.62 bits per heavy atom. The Morgan fingerprint density at radius 2 is 2.25 bits per heavy atom. The quantitative estimate of drug-likeness (QED) is 0.893. The standard InChI is InChI=1S/C10H14BrN3O.ClH/c1-13-6-7(11)3-9(13)10(15)14(2)8-4-12-5-8;/h3,6,8,12H,4-5H2,1-2H3;1H. The molecule has 0 unspecified atom stereocenters. The van der Waals surface area contributed by atoms with E-state index in [4.69, 9.17) is 0 Å². The highest BCUT2D eigenvalue weighted by atomic mass is 79.9. The van der Waals surface area contributed by atoms with Gasteiger partial charge in [0, 0.05) is 37.9 Å². The second kappa shape index (κ2) is 5.21. The van der Waals surface area contributed by atoms with Crippen molar-refractivity contribution in [3.05, 3.63) is 22.4 Å². The zero-order chi connectivity index (χ0) is 11.0. The van der Waals surface area contributed by atoms with Crippen molar-refractivity contribution in [3.8, 4) is 0 Å². The van der Waals surface area contributed by atoms with Crippen LogP contribution in [0.2, 0.25) is 0 Å². The molecule has 1 aliphatic rings. The van der Waals surface area contributed by atoms with Gasteiger partial charge >= 0.3 is 0 Å². The molecule has 1 amide bonds. The number of carbonyl (C=O) groups excluding carboxylic acids is 1. The van der Waals surface area contributed by atoms with Crippen molar-refractivity contribution in [1.82, 2.24) is 14.8 Å². The molecule has 1 aliphatic heterocycles. The largest absolute Gasteiger partial charge is 0.345 e. The first-order chi connectivity index (χ1) is 7.09. The van der Waals surface area contributed by atoms with Gasteiger partial charge < -0.3 is 14.8 Å². The minimum absolute atomic E-state index is 0. The summed E-state index contributed by atoms with van der Waals surface area (Å²) in [5.74, 6) is 0.0784. The maximum absolute atomic E-state index is 12.1. The monoisotopic (exact) mass is 307 g/mol. The number of aromatic nitrogens is 1. The molecule has 2 rings (SSSR count). The van der Waals surface area contributed by atoms with Crippen LogP contribution in [0, 0.1) is 0 Å². The van der Waals surface area contributed by atoms with Crippen molar-refractivity contribution < 1.29 is 4.79 Å². The van der Waals surface area contributed by atoms with E-state index in [9.17, 15) is 4.79 Å². The average Bonchev–Trinajstić information content (AvgIpc) is 2.41. The van der Waals surface area contributed by atoms with Crippen molar-refractivity contribution in [2.24, 2.45) is 7.05 Å². The third-order valence-electron chi connectivity index (χ3n) is 2.82. The summed E-state index contributed by atoms with van der Waals surface area (Å²) in [4.78, 5) is 13.9. The molecule has 1 saturated heterocycles. The Balaban J connectivity index is 0.00000128. The van der Waals surface area contributed by atoms with E-state index in [0.717, 1.165) is 23.3 Å². The van der Waals surface area contributed by atoms with E-state index in [1.165, 1.54) is 0 Å². The zero-order valence-electron chi connectivity index (χ0n) is 9.24. The molecule has 0 aromatic carbocycles. The molecule has 1 N–H and O–H groups in total. The molecule has 0 saturated carbocycles. The number of hydrogen-bond acceptors (Lipinski definition) is 2. The van der Waals surface area contributed by atoms with Crippen LogP contribution >= 0.6 is 28.3 Å². The molecule has 1 fully saturated rings. The highest BCUT2D eigenvalue weighted by Gasteiger charge is 2.27. The summed E-state index contributed by atoms with van der Waals surface area (Å²) in [5, 5.41) is 3.16. The van der Waals surface area contributed by atoms with Crippen LogP contribution in [0.3, 0.4) is 0 Å². The van der Waals surface area contributed by atoms with Crippen LogP contribution in [0.25, 0.3) is 0 Å². The lowest BCUT2D eigenvalue weighted by Gasteiger charge is -2.35. The van der Waals surface area contributed by atoms with Gasteiger partial charge in [-0.2, -0.15) is 0 Å². The van der Waals surface area contributed by atoms with Crippen molar-refractivity contribution in [2.45, 2.75) is 6.04 Å². The summed E-state index contributed by atoms with van der Waals surface area (Å²) in [6.45, 7) is 1.79. The smallest absolute Gasteiger partial charge is 0.270 e. The Morgan fingerprint density at radius 3 is 2.62 bits per heavy atom. The fraction of sp³-hybridized carbons (Fsp3) is 0.500. The minimum atomic E-state index is 0. The van der Waals surface area contributed by atoms with Crippen LogP contribution in [-0.4, -0.2) is 41.6 Å². The number of hydrogen-bond donors (Lipinski definition) is 1. The van der Waals surface area contributed by atoms with Crippen LogP contribution in [0.1, 0.15) is 10.5 Å². The van der Waals surface area contributed by atoms with Gasteiger partial charge in [0.05, 0.1) is 6.04 Å². The maximum Gasteiger partial charge on any atom is 0.270 e. The fourth-order valence-corrected chi connectivity index (χ4v) is 2.15. The third kappa shape index (κ3) is 2.42. The maximum atomic E-state index is 12.1. The predicted octanol–water partition coefficient (Wildman–Crippen LogP) is 1.25. The third-order valence-corrected chi connectivity index (χ3v) is 3.25. The Bertz CT molecular complexity index is 389. The molecule has 4 nitrogen and oxygen atoms in total. The Kier molecular flexibility index (Phi) is 4.41. The van der Waals surface area contributed by atoms with Crippen molar-refractivity contribution in [1.29, 1.82) is 0 Å². The Hall–Kier alpha value is -0.520. The first-order valence-corrected chi connectivity index (χ1v) is 5.68. The molecule has 0 spiro atoms. The van der Waals surface area contributed by atoms with Gasteiger partial charge in [-0.25, -0.2) is 0 Å². The molecule has 6 heteroatoms. The van der Waals surface area contributed by atoms with E-state index in [0.29, 0.717) is 6.04 Å². The first-order valence-electron chi connectivity index (χ1n) is 4.89. The van der Waals surface area contributed by atoms with Crippen LogP contribution in [0.5, 0.6) is 0 Å². The molecule has 0 radical (unpaired) electrons. The summed E-state index contributed by atoms with van der Waals surface area (Å²) in [5.41, 5.74) is 0.719. The van der Waals surface area contributed by atoms with Crippen LogP contribution in [0.15, 0.2) is 16.7 Å². The summed E-state index contributed by atoms with van der Waals surface area (Å²) in [7, 11) is 3.74. The van der Waals surface area contributed by atoms with Crippen molar-refractivity contribution >= 4 is 34.2 Å². The van der Waals surface area contributed by atoms with Gasteiger partial charge in [0.1, 0.15) is 5.69 Å². The van der Waals surface area contributed by atoms with E-state index in [1.807, 2.05) is 30.9 Å². The van der Waals surface area contributed by atoms with Gasteiger partial charge in [0.25, 0.3) is 5.91 Å². The van der Waals surface area contributed by atoms with E-state index in [1.54, 1.807) is 4.90 Å². The molecule has 1 aromatic rings. The number of aryl methyl sites for hydroxylation is 1. The minimum Gasteiger partial charge on any atom is -0.345 e. The number of nitrogens with one attached hydrogen (secondary N) is 1. The molecule has 16 heavy (non-hydrogen) atoms. The second-order valence-corrected chi connectivity index (χ2v) is 4.80. The van der Waals surface area contributed by atoms with E-state index in [-0.39, 0.29) is 18.3 Å². The molecule has 0 aliphatic carbocycles. The number of halogens is 2. The van der Waals surface area contributed by atoms with E-state index < -0.39 is 0 Å². The normalized spacial score (nSPS) is 15.2. The SMILES string of the molecule is CN(C(=O)c1cc(Br)cn1C)C1CNC1.Cl. The molecule has 0 atom stereocenters. The van der Waals surface area contributed by atoms with Crippen LogP contribution in [0.4, 0.5) is 0 Å². The second-order valence-electron chi connectivity index (χ2n) is 3.88. The summed E-state index contributed by atoms with van der Waals surface area (Å²) in [6.07, 6.45) is 1.89. The van der Waals surface area contributed by atoms with Crippen molar-refractivity contribution in [2.75, 3.05) is 20.1 Å². The lowest BCUT2D eigenvalue weighted by atomic mass is 10.1. The zero-order valence-corrected chi connectivity index (χ0v) is 11.6. The van der Waals surface area contributed by atoms with E-state index in [2.05, 4.69) is 21.2 Å². The number of amides is 1. The molecule has 0 bridgehead atoms. The molecular formula is C10H15BrClN3O. The van der Waals surface area contributed by atoms with E-state index >= 15 is 0 Å². The van der Waals surface area contributed by atoms with Crippen LogP contribution < -0.4 is 5.32 Å².